The van der Waals surface area contributed by atoms with Crippen molar-refractivity contribution < 1.29 is 4.74 Å². The Labute approximate surface area is 98.3 Å². The largest absolute Gasteiger partial charge is 0.376 e. The SMILES string of the molecule is C[C@H]1CN(Cc2nnsc2Cl)[C@@H](C)CO1. The Morgan fingerprint density at radius 3 is 3.07 bits per heavy atom. The molecule has 0 unspecified atom stereocenters. The van der Waals surface area contributed by atoms with Crippen LogP contribution in [0, 0.1) is 0 Å². The van der Waals surface area contributed by atoms with E-state index in [1.54, 1.807) is 0 Å². The molecule has 84 valence electrons. The molecule has 0 amide bonds. The van der Waals surface area contributed by atoms with E-state index < -0.39 is 0 Å². The molecular weight excluding hydrogens is 234 g/mol. The number of ether oxygens (including phenoxy) is 1. The van der Waals surface area contributed by atoms with Gasteiger partial charge in [0.05, 0.1) is 12.7 Å². The second kappa shape index (κ2) is 4.74. The molecule has 0 bridgehead atoms. The zero-order chi connectivity index (χ0) is 10.8. The summed E-state index contributed by atoms with van der Waals surface area (Å²) in [5, 5.41) is 4.02. The first-order valence-corrected chi connectivity index (χ1v) is 6.14. The summed E-state index contributed by atoms with van der Waals surface area (Å²) in [6.07, 6.45) is 0.284. The molecule has 0 saturated carbocycles. The monoisotopic (exact) mass is 247 g/mol. The van der Waals surface area contributed by atoms with Gasteiger partial charge in [0.15, 0.2) is 0 Å². The van der Waals surface area contributed by atoms with Crippen LogP contribution in [0.2, 0.25) is 4.34 Å². The van der Waals surface area contributed by atoms with Gasteiger partial charge < -0.3 is 4.74 Å². The molecule has 0 N–H and O–H groups in total. The van der Waals surface area contributed by atoms with Crippen LogP contribution in [0.1, 0.15) is 19.5 Å². The Kier molecular flexibility index (Phi) is 3.56. The van der Waals surface area contributed by atoms with Crippen LogP contribution in [0.3, 0.4) is 0 Å². The van der Waals surface area contributed by atoms with E-state index in [4.69, 9.17) is 16.3 Å². The van der Waals surface area contributed by atoms with Gasteiger partial charge in [-0.05, 0) is 13.8 Å². The minimum absolute atomic E-state index is 0.284. The van der Waals surface area contributed by atoms with E-state index in [9.17, 15) is 0 Å². The number of rotatable bonds is 2. The maximum Gasteiger partial charge on any atom is 0.138 e. The van der Waals surface area contributed by atoms with Gasteiger partial charge >= 0.3 is 0 Å². The molecule has 1 aromatic heterocycles. The number of halogens is 1. The highest BCUT2D eigenvalue weighted by molar-refractivity contribution is 7.10. The number of hydrogen-bond donors (Lipinski definition) is 0. The fourth-order valence-corrected chi connectivity index (χ4v) is 2.29. The standard InChI is InChI=1S/C9H14ClN3OS/c1-6-5-14-7(2)3-13(6)4-8-9(10)15-12-11-8/h6-7H,3-5H2,1-2H3/t6-,7-/m0/s1. The molecule has 2 rings (SSSR count). The van der Waals surface area contributed by atoms with Crippen molar-refractivity contribution in [3.63, 3.8) is 0 Å². The second-order valence-corrected chi connectivity index (χ2v) is 5.27. The van der Waals surface area contributed by atoms with Crippen molar-refractivity contribution >= 4 is 23.1 Å². The van der Waals surface area contributed by atoms with Crippen molar-refractivity contribution in [1.29, 1.82) is 0 Å². The minimum Gasteiger partial charge on any atom is -0.376 e. The maximum atomic E-state index is 5.98. The lowest BCUT2D eigenvalue weighted by molar-refractivity contribution is -0.0530. The summed E-state index contributed by atoms with van der Waals surface area (Å²) in [7, 11) is 0. The van der Waals surface area contributed by atoms with E-state index in [0.29, 0.717) is 10.4 Å². The van der Waals surface area contributed by atoms with Crippen molar-refractivity contribution in [2.75, 3.05) is 13.2 Å². The Morgan fingerprint density at radius 1 is 1.60 bits per heavy atom. The first-order chi connectivity index (χ1) is 7.16. The maximum absolute atomic E-state index is 5.98. The van der Waals surface area contributed by atoms with Crippen molar-refractivity contribution in [2.45, 2.75) is 32.5 Å². The van der Waals surface area contributed by atoms with Crippen LogP contribution in [0.4, 0.5) is 0 Å². The Bertz CT molecular complexity index is 333. The third kappa shape index (κ3) is 2.66. The van der Waals surface area contributed by atoms with Gasteiger partial charge in [0, 0.05) is 30.7 Å². The molecule has 2 heterocycles. The predicted octanol–water partition coefficient (Wildman–Crippen LogP) is 1.80. The van der Waals surface area contributed by atoms with Gasteiger partial charge in [-0.2, -0.15) is 0 Å². The molecule has 1 fully saturated rings. The number of morpholine rings is 1. The zero-order valence-corrected chi connectivity index (χ0v) is 10.4. The lowest BCUT2D eigenvalue weighted by atomic mass is 10.2. The average Bonchev–Trinajstić information content (AvgIpc) is 2.58. The lowest BCUT2D eigenvalue weighted by Crippen LogP contribution is -2.46. The molecule has 15 heavy (non-hydrogen) atoms. The fourth-order valence-electron chi connectivity index (χ4n) is 1.68. The highest BCUT2D eigenvalue weighted by Gasteiger charge is 2.24. The van der Waals surface area contributed by atoms with Gasteiger partial charge in [-0.3, -0.25) is 4.90 Å². The number of aromatic nitrogens is 2. The van der Waals surface area contributed by atoms with E-state index >= 15 is 0 Å². The van der Waals surface area contributed by atoms with E-state index in [-0.39, 0.29) is 6.10 Å². The molecule has 4 nitrogen and oxygen atoms in total. The third-order valence-electron chi connectivity index (χ3n) is 2.60. The Hall–Kier alpha value is -0.230. The topological polar surface area (TPSA) is 38.2 Å². The summed E-state index contributed by atoms with van der Waals surface area (Å²) in [4.78, 5) is 2.33. The highest BCUT2D eigenvalue weighted by Crippen LogP contribution is 2.21. The van der Waals surface area contributed by atoms with Gasteiger partial charge in [-0.25, -0.2) is 0 Å². The van der Waals surface area contributed by atoms with Crippen LogP contribution in [-0.4, -0.2) is 39.8 Å². The molecule has 1 aromatic rings. The summed E-state index contributed by atoms with van der Waals surface area (Å²) in [5.74, 6) is 0. The van der Waals surface area contributed by atoms with Gasteiger partial charge in [-0.15, -0.1) is 5.10 Å². The fraction of sp³-hybridized carbons (Fsp3) is 0.778. The van der Waals surface area contributed by atoms with Crippen LogP contribution >= 0.6 is 23.1 Å². The quantitative estimate of drug-likeness (QED) is 0.799. The number of nitrogens with zero attached hydrogens (tertiary/aromatic N) is 3. The van der Waals surface area contributed by atoms with Crippen molar-refractivity contribution in [2.24, 2.45) is 0 Å². The highest BCUT2D eigenvalue weighted by atomic mass is 35.5. The molecule has 0 aromatic carbocycles. The van der Waals surface area contributed by atoms with Crippen LogP contribution in [-0.2, 0) is 11.3 Å². The van der Waals surface area contributed by atoms with E-state index in [0.717, 1.165) is 25.4 Å². The first-order valence-electron chi connectivity index (χ1n) is 4.99. The first kappa shape index (κ1) is 11.3. The number of hydrogen-bond acceptors (Lipinski definition) is 5. The van der Waals surface area contributed by atoms with Crippen molar-refractivity contribution in [3.8, 4) is 0 Å². The zero-order valence-electron chi connectivity index (χ0n) is 8.81. The normalized spacial score (nSPS) is 28.2. The summed E-state index contributed by atoms with van der Waals surface area (Å²) in [6.45, 7) is 6.70. The summed E-state index contributed by atoms with van der Waals surface area (Å²) >= 11 is 7.22. The molecule has 0 radical (unpaired) electrons. The molecule has 1 aliphatic rings. The Balaban J connectivity index is 2.01. The molecule has 1 saturated heterocycles. The summed E-state index contributed by atoms with van der Waals surface area (Å²) in [6, 6.07) is 0.416. The molecular formula is C9H14ClN3OS. The van der Waals surface area contributed by atoms with Crippen LogP contribution in [0.15, 0.2) is 0 Å². The van der Waals surface area contributed by atoms with E-state index in [2.05, 4.69) is 28.3 Å². The summed E-state index contributed by atoms with van der Waals surface area (Å²) < 4.78 is 10.1. The van der Waals surface area contributed by atoms with Gasteiger partial charge in [0.2, 0.25) is 0 Å². The van der Waals surface area contributed by atoms with Crippen molar-refractivity contribution in [1.82, 2.24) is 14.5 Å². The van der Waals surface area contributed by atoms with E-state index in [1.165, 1.54) is 11.5 Å². The smallest absolute Gasteiger partial charge is 0.138 e. The van der Waals surface area contributed by atoms with Crippen LogP contribution in [0.5, 0.6) is 0 Å². The van der Waals surface area contributed by atoms with Crippen LogP contribution in [0.25, 0.3) is 0 Å². The molecule has 0 spiro atoms. The second-order valence-electron chi connectivity index (χ2n) is 3.92. The lowest BCUT2D eigenvalue weighted by Gasteiger charge is -2.36. The van der Waals surface area contributed by atoms with E-state index in [1.807, 2.05) is 0 Å². The third-order valence-corrected chi connectivity index (χ3v) is 3.58. The minimum atomic E-state index is 0.284. The molecule has 6 heteroatoms. The Morgan fingerprint density at radius 2 is 2.40 bits per heavy atom. The molecule has 0 aliphatic carbocycles. The molecule has 2 atom stereocenters. The predicted molar refractivity (Wildman–Crippen MR) is 60.2 cm³/mol. The van der Waals surface area contributed by atoms with Gasteiger partial charge in [0.25, 0.3) is 0 Å². The van der Waals surface area contributed by atoms with Crippen molar-refractivity contribution in [3.05, 3.63) is 10.0 Å². The average molecular weight is 248 g/mol. The van der Waals surface area contributed by atoms with Gasteiger partial charge in [0.1, 0.15) is 10.0 Å². The van der Waals surface area contributed by atoms with Crippen LogP contribution < -0.4 is 0 Å². The summed E-state index contributed by atoms with van der Waals surface area (Å²) in [5.41, 5.74) is 0.877. The van der Waals surface area contributed by atoms with Gasteiger partial charge in [-0.1, -0.05) is 16.1 Å². The molecule has 1 aliphatic heterocycles.